The third-order valence-electron chi connectivity index (χ3n) is 2.86. The molecule has 1 aliphatic rings. The zero-order valence-corrected chi connectivity index (χ0v) is 11.5. The molecule has 18 heavy (non-hydrogen) atoms. The van der Waals surface area contributed by atoms with E-state index in [4.69, 9.17) is 11.6 Å². The standard InChI is InChI=1S/C12H15ClN2O2.ClH/c1-7-2-3-8(4-10(7)13)15-12(17)11-5-9(16)6-14-11;/h2-4,9,11,14,16H,5-6H2,1H3,(H,15,17);1H. The lowest BCUT2D eigenvalue weighted by molar-refractivity contribution is -0.117. The van der Waals surface area contributed by atoms with Crippen molar-refractivity contribution in [3.8, 4) is 0 Å². The molecule has 1 aliphatic heterocycles. The van der Waals surface area contributed by atoms with Crippen LogP contribution in [0.2, 0.25) is 5.02 Å². The van der Waals surface area contributed by atoms with Gasteiger partial charge in [-0.25, -0.2) is 0 Å². The number of β-amino-alcohol motifs (C(OH)–C–C–N with tert-alkyl or cyclic N) is 1. The second kappa shape index (κ2) is 6.38. The van der Waals surface area contributed by atoms with Crippen LogP contribution in [-0.4, -0.2) is 29.7 Å². The predicted octanol–water partition coefficient (Wildman–Crippen LogP) is 1.73. The highest BCUT2D eigenvalue weighted by atomic mass is 35.5. The maximum Gasteiger partial charge on any atom is 0.241 e. The van der Waals surface area contributed by atoms with Crippen molar-refractivity contribution in [2.45, 2.75) is 25.5 Å². The summed E-state index contributed by atoms with van der Waals surface area (Å²) in [6.07, 6.45) is 0.0122. The van der Waals surface area contributed by atoms with Gasteiger partial charge < -0.3 is 15.7 Å². The van der Waals surface area contributed by atoms with Crippen LogP contribution in [0.5, 0.6) is 0 Å². The van der Waals surface area contributed by atoms with Crippen molar-refractivity contribution in [3.05, 3.63) is 28.8 Å². The molecule has 0 saturated carbocycles. The zero-order chi connectivity index (χ0) is 12.4. The minimum absolute atomic E-state index is 0. The predicted molar refractivity (Wildman–Crippen MR) is 74.5 cm³/mol. The summed E-state index contributed by atoms with van der Waals surface area (Å²) in [5.74, 6) is -0.138. The van der Waals surface area contributed by atoms with E-state index in [-0.39, 0.29) is 24.4 Å². The molecule has 2 unspecified atom stereocenters. The Kier molecular flexibility index (Phi) is 5.41. The van der Waals surface area contributed by atoms with E-state index in [0.717, 1.165) is 5.56 Å². The highest BCUT2D eigenvalue weighted by Gasteiger charge is 2.27. The van der Waals surface area contributed by atoms with Crippen LogP contribution in [0.1, 0.15) is 12.0 Å². The molecule has 1 saturated heterocycles. The van der Waals surface area contributed by atoms with Gasteiger partial charge in [0.25, 0.3) is 0 Å². The number of amides is 1. The number of anilines is 1. The summed E-state index contributed by atoms with van der Waals surface area (Å²) in [7, 11) is 0. The van der Waals surface area contributed by atoms with Crippen molar-refractivity contribution in [3.63, 3.8) is 0 Å². The van der Waals surface area contributed by atoms with Crippen LogP contribution in [-0.2, 0) is 4.79 Å². The van der Waals surface area contributed by atoms with Gasteiger partial charge in [0.15, 0.2) is 0 Å². The van der Waals surface area contributed by atoms with Gasteiger partial charge in [-0.2, -0.15) is 0 Å². The van der Waals surface area contributed by atoms with E-state index < -0.39 is 6.10 Å². The molecule has 0 bridgehead atoms. The number of carbonyl (C=O) groups excluding carboxylic acids is 1. The summed E-state index contributed by atoms with van der Waals surface area (Å²) in [5.41, 5.74) is 1.65. The SMILES string of the molecule is Cc1ccc(NC(=O)C2CC(O)CN2)cc1Cl.Cl. The maximum atomic E-state index is 11.8. The number of hydrogen-bond donors (Lipinski definition) is 3. The molecule has 2 atom stereocenters. The van der Waals surface area contributed by atoms with E-state index in [0.29, 0.717) is 23.7 Å². The van der Waals surface area contributed by atoms with Crippen LogP contribution in [0.15, 0.2) is 18.2 Å². The second-order valence-corrected chi connectivity index (χ2v) is 4.71. The van der Waals surface area contributed by atoms with Crippen LogP contribution in [0, 0.1) is 6.92 Å². The van der Waals surface area contributed by atoms with Crippen LogP contribution >= 0.6 is 24.0 Å². The van der Waals surface area contributed by atoms with Crippen molar-refractivity contribution in [2.24, 2.45) is 0 Å². The third-order valence-corrected chi connectivity index (χ3v) is 3.27. The summed E-state index contributed by atoms with van der Waals surface area (Å²) < 4.78 is 0. The van der Waals surface area contributed by atoms with Crippen molar-refractivity contribution < 1.29 is 9.90 Å². The molecule has 1 aromatic rings. The first-order valence-corrected chi connectivity index (χ1v) is 5.92. The monoisotopic (exact) mass is 290 g/mol. The fourth-order valence-electron chi connectivity index (χ4n) is 1.82. The fraction of sp³-hybridized carbons (Fsp3) is 0.417. The van der Waals surface area contributed by atoms with Crippen molar-refractivity contribution in [1.29, 1.82) is 0 Å². The van der Waals surface area contributed by atoms with Crippen LogP contribution in [0.4, 0.5) is 5.69 Å². The first kappa shape index (κ1) is 15.2. The molecule has 1 amide bonds. The van der Waals surface area contributed by atoms with E-state index in [1.807, 2.05) is 19.1 Å². The number of aryl methyl sites for hydroxylation is 1. The summed E-state index contributed by atoms with van der Waals surface area (Å²) >= 11 is 5.97. The Balaban J connectivity index is 0.00000162. The van der Waals surface area contributed by atoms with Gasteiger partial charge in [0.1, 0.15) is 0 Å². The van der Waals surface area contributed by atoms with Gasteiger partial charge in [-0.15, -0.1) is 12.4 Å². The van der Waals surface area contributed by atoms with E-state index in [2.05, 4.69) is 10.6 Å². The molecule has 100 valence electrons. The van der Waals surface area contributed by atoms with Gasteiger partial charge in [-0.05, 0) is 31.0 Å². The molecule has 2 rings (SSSR count). The quantitative estimate of drug-likeness (QED) is 0.777. The number of carbonyl (C=O) groups is 1. The molecule has 1 aromatic carbocycles. The summed E-state index contributed by atoms with van der Waals surface area (Å²) in [6, 6.07) is 5.06. The van der Waals surface area contributed by atoms with E-state index in [1.165, 1.54) is 0 Å². The molecule has 3 N–H and O–H groups in total. The number of hydrogen-bond acceptors (Lipinski definition) is 3. The van der Waals surface area contributed by atoms with Gasteiger partial charge >= 0.3 is 0 Å². The largest absolute Gasteiger partial charge is 0.392 e. The number of benzene rings is 1. The van der Waals surface area contributed by atoms with Crippen LogP contribution in [0.25, 0.3) is 0 Å². The Morgan fingerprint density at radius 3 is 2.83 bits per heavy atom. The Morgan fingerprint density at radius 2 is 2.28 bits per heavy atom. The summed E-state index contributed by atoms with van der Waals surface area (Å²) in [4.78, 5) is 11.8. The van der Waals surface area contributed by atoms with E-state index >= 15 is 0 Å². The molecule has 0 spiro atoms. The normalized spacial score (nSPS) is 22.4. The van der Waals surface area contributed by atoms with Crippen LogP contribution < -0.4 is 10.6 Å². The van der Waals surface area contributed by atoms with Crippen molar-refractivity contribution >= 4 is 35.6 Å². The topological polar surface area (TPSA) is 61.4 Å². The zero-order valence-electron chi connectivity index (χ0n) is 9.94. The molecule has 0 radical (unpaired) electrons. The minimum Gasteiger partial charge on any atom is -0.392 e. The Bertz CT molecular complexity index is 440. The Hall–Kier alpha value is -0.810. The van der Waals surface area contributed by atoms with Gasteiger partial charge in [-0.3, -0.25) is 4.79 Å². The first-order chi connectivity index (χ1) is 8.06. The summed E-state index contributed by atoms with van der Waals surface area (Å²) in [6.45, 7) is 2.37. The van der Waals surface area contributed by atoms with Gasteiger partial charge in [0, 0.05) is 17.3 Å². The molecule has 1 fully saturated rings. The maximum absolute atomic E-state index is 11.8. The van der Waals surface area contributed by atoms with Crippen molar-refractivity contribution in [2.75, 3.05) is 11.9 Å². The van der Waals surface area contributed by atoms with E-state index in [9.17, 15) is 9.90 Å². The van der Waals surface area contributed by atoms with Gasteiger partial charge in [-0.1, -0.05) is 17.7 Å². The number of nitrogens with one attached hydrogen (secondary N) is 2. The highest BCUT2D eigenvalue weighted by molar-refractivity contribution is 6.31. The number of aliphatic hydroxyl groups excluding tert-OH is 1. The number of halogens is 2. The number of aliphatic hydroxyl groups is 1. The third kappa shape index (κ3) is 3.59. The average molecular weight is 291 g/mol. The molecule has 6 heteroatoms. The molecule has 1 heterocycles. The van der Waals surface area contributed by atoms with Crippen LogP contribution in [0.3, 0.4) is 0 Å². The average Bonchev–Trinajstić information content (AvgIpc) is 2.70. The summed E-state index contributed by atoms with van der Waals surface area (Å²) in [5, 5.41) is 15.7. The van der Waals surface area contributed by atoms with Crippen molar-refractivity contribution in [1.82, 2.24) is 5.32 Å². The molecule has 0 aromatic heterocycles. The highest BCUT2D eigenvalue weighted by Crippen LogP contribution is 2.20. The molecular formula is C12H16Cl2N2O2. The van der Waals surface area contributed by atoms with E-state index in [1.54, 1.807) is 6.07 Å². The molecule has 4 nitrogen and oxygen atoms in total. The first-order valence-electron chi connectivity index (χ1n) is 5.54. The molecular weight excluding hydrogens is 275 g/mol. The van der Waals surface area contributed by atoms with Gasteiger partial charge in [0.2, 0.25) is 5.91 Å². The lowest BCUT2D eigenvalue weighted by Crippen LogP contribution is -2.35. The lowest BCUT2D eigenvalue weighted by atomic mass is 10.2. The Morgan fingerprint density at radius 1 is 1.56 bits per heavy atom. The fourth-order valence-corrected chi connectivity index (χ4v) is 2.00. The lowest BCUT2D eigenvalue weighted by Gasteiger charge is -2.11. The number of rotatable bonds is 2. The molecule has 0 aliphatic carbocycles. The Labute approximate surface area is 117 Å². The smallest absolute Gasteiger partial charge is 0.241 e. The van der Waals surface area contributed by atoms with Gasteiger partial charge in [0.05, 0.1) is 12.1 Å². The second-order valence-electron chi connectivity index (χ2n) is 4.30. The minimum atomic E-state index is -0.438.